The molecule has 0 bridgehead atoms. The number of aliphatic hydroxyl groups excluding tert-OH is 1. The van der Waals surface area contributed by atoms with Crippen molar-refractivity contribution in [2.75, 3.05) is 33.2 Å². The van der Waals surface area contributed by atoms with Gasteiger partial charge in [-0.15, -0.1) is 0 Å². The van der Waals surface area contributed by atoms with Gasteiger partial charge in [-0.2, -0.15) is 0 Å². The summed E-state index contributed by atoms with van der Waals surface area (Å²) in [5, 5.41) is 13.2. The Morgan fingerprint density at radius 2 is 1.75 bits per heavy atom. The molecule has 2 rings (SSSR count). The quantitative estimate of drug-likeness (QED) is 0.761. The maximum atomic E-state index is 9.73. The number of hydrogen-bond acceptors (Lipinski definition) is 3. The topological polar surface area (TPSA) is 35.5 Å². The minimum Gasteiger partial charge on any atom is -0.393 e. The highest BCUT2D eigenvalue weighted by Crippen LogP contribution is 2.36. The van der Waals surface area contributed by atoms with Gasteiger partial charge in [0.1, 0.15) is 0 Å². The zero-order chi connectivity index (χ0) is 14.4. The molecule has 2 aliphatic rings. The van der Waals surface area contributed by atoms with Gasteiger partial charge in [-0.25, -0.2) is 0 Å². The monoisotopic (exact) mass is 282 g/mol. The molecule has 0 aromatic rings. The van der Waals surface area contributed by atoms with Crippen LogP contribution in [-0.2, 0) is 0 Å². The van der Waals surface area contributed by atoms with Crippen LogP contribution in [0.5, 0.6) is 0 Å². The van der Waals surface area contributed by atoms with Crippen molar-refractivity contribution >= 4 is 0 Å². The molecule has 2 fully saturated rings. The Kier molecular flexibility index (Phi) is 6.31. The minimum atomic E-state index is -0.124. The molecular weight excluding hydrogens is 248 g/mol. The highest BCUT2D eigenvalue weighted by atomic mass is 16.3. The van der Waals surface area contributed by atoms with Crippen LogP contribution in [0.2, 0.25) is 0 Å². The number of aliphatic hydroxyl groups is 1. The number of likely N-dealkylation sites (tertiary alicyclic amines) is 1. The van der Waals surface area contributed by atoms with E-state index in [0.717, 1.165) is 0 Å². The molecular formula is C17H34N2O. The van der Waals surface area contributed by atoms with E-state index in [1.54, 1.807) is 0 Å². The second-order valence-electron chi connectivity index (χ2n) is 7.30. The standard InChI is InChI=1S/C17H34N2O/c1-15(20)16-7-11-19(12-8-16)14-17(13-18-2)9-5-3-4-6-10-17/h15-16,18,20H,3-14H2,1-2H3. The first kappa shape index (κ1) is 16.3. The van der Waals surface area contributed by atoms with Crippen LogP contribution in [-0.4, -0.2) is 49.3 Å². The fourth-order valence-corrected chi connectivity index (χ4v) is 4.31. The summed E-state index contributed by atoms with van der Waals surface area (Å²) in [7, 11) is 2.10. The molecule has 20 heavy (non-hydrogen) atoms. The summed E-state index contributed by atoms with van der Waals surface area (Å²) >= 11 is 0. The molecule has 3 heteroatoms. The minimum absolute atomic E-state index is 0.124. The van der Waals surface area contributed by atoms with E-state index in [0.29, 0.717) is 11.3 Å². The summed E-state index contributed by atoms with van der Waals surface area (Å²) in [5.74, 6) is 0.528. The lowest BCUT2D eigenvalue weighted by Gasteiger charge is -2.41. The molecule has 0 aromatic heterocycles. The van der Waals surface area contributed by atoms with E-state index in [2.05, 4.69) is 17.3 Å². The van der Waals surface area contributed by atoms with Gasteiger partial charge in [-0.1, -0.05) is 25.7 Å². The summed E-state index contributed by atoms with van der Waals surface area (Å²) in [6.45, 7) is 6.75. The first-order valence-electron chi connectivity index (χ1n) is 8.70. The maximum absolute atomic E-state index is 9.73. The molecule has 118 valence electrons. The highest BCUT2D eigenvalue weighted by molar-refractivity contribution is 4.88. The number of rotatable bonds is 5. The highest BCUT2D eigenvalue weighted by Gasteiger charge is 2.34. The van der Waals surface area contributed by atoms with Gasteiger partial charge in [-0.05, 0) is 64.1 Å². The Bertz CT molecular complexity index is 264. The lowest BCUT2D eigenvalue weighted by atomic mass is 9.79. The van der Waals surface area contributed by atoms with Gasteiger partial charge in [0.15, 0.2) is 0 Å². The van der Waals surface area contributed by atoms with E-state index in [4.69, 9.17) is 0 Å². The van der Waals surface area contributed by atoms with Crippen molar-refractivity contribution in [3.63, 3.8) is 0 Å². The lowest BCUT2D eigenvalue weighted by Crippen LogP contribution is -2.46. The number of hydrogen-bond donors (Lipinski definition) is 2. The number of nitrogens with zero attached hydrogens (tertiary/aromatic N) is 1. The molecule has 1 saturated heterocycles. The molecule has 2 N–H and O–H groups in total. The van der Waals surface area contributed by atoms with Crippen LogP contribution in [0.4, 0.5) is 0 Å². The molecule has 0 aromatic carbocycles. The first-order valence-corrected chi connectivity index (χ1v) is 8.70. The van der Waals surface area contributed by atoms with Crippen molar-refractivity contribution in [1.29, 1.82) is 0 Å². The van der Waals surface area contributed by atoms with Crippen LogP contribution in [0.3, 0.4) is 0 Å². The van der Waals surface area contributed by atoms with E-state index in [1.165, 1.54) is 77.5 Å². The summed E-state index contributed by atoms with van der Waals surface area (Å²) in [6.07, 6.45) is 10.7. The van der Waals surface area contributed by atoms with Crippen LogP contribution in [0, 0.1) is 11.3 Å². The molecule has 0 spiro atoms. The summed E-state index contributed by atoms with van der Waals surface area (Å²) in [5.41, 5.74) is 0.503. The lowest BCUT2D eigenvalue weighted by molar-refractivity contribution is 0.0484. The molecule has 1 heterocycles. The van der Waals surface area contributed by atoms with Gasteiger partial charge >= 0.3 is 0 Å². The molecule has 1 aliphatic heterocycles. The van der Waals surface area contributed by atoms with E-state index in [1.807, 2.05) is 6.92 Å². The molecule has 1 saturated carbocycles. The van der Waals surface area contributed by atoms with Crippen molar-refractivity contribution < 1.29 is 5.11 Å². The van der Waals surface area contributed by atoms with E-state index in [9.17, 15) is 5.11 Å². The Morgan fingerprint density at radius 3 is 2.25 bits per heavy atom. The number of nitrogens with one attached hydrogen (secondary N) is 1. The van der Waals surface area contributed by atoms with Gasteiger partial charge < -0.3 is 15.3 Å². The van der Waals surface area contributed by atoms with Gasteiger partial charge in [0, 0.05) is 13.1 Å². The Balaban J connectivity index is 1.88. The van der Waals surface area contributed by atoms with Gasteiger partial charge in [-0.3, -0.25) is 0 Å². The van der Waals surface area contributed by atoms with Crippen LogP contribution in [0.1, 0.15) is 58.3 Å². The Labute approximate surface area is 125 Å². The smallest absolute Gasteiger partial charge is 0.0541 e. The summed E-state index contributed by atoms with van der Waals surface area (Å²) < 4.78 is 0. The maximum Gasteiger partial charge on any atom is 0.0541 e. The third-order valence-electron chi connectivity index (χ3n) is 5.59. The van der Waals surface area contributed by atoms with Crippen LogP contribution in [0.25, 0.3) is 0 Å². The number of piperidine rings is 1. The van der Waals surface area contributed by atoms with E-state index >= 15 is 0 Å². The molecule has 0 radical (unpaired) electrons. The second-order valence-corrected chi connectivity index (χ2v) is 7.30. The fraction of sp³-hybridized carbons (Fsp3) is 1.00. The van der Waals surface area contributed by atoms with Gasteiger partial charge in [0.25, 0.3) is 0 Å². The van der Waals surface area contributed by atoms with Crippen molar-refractivity contribution in [3.8, 4) is 0 Å². The molecule has 0 amide bonds. The summed E-state index contributed by atoms with van der Waals surface area (Å²) in [6, 6.07) is 0. The molecule has 1 aliphatic carbocycles. The van der Waals surface area contributed by atoms with Gasteiger partial charge in [0.05, 0.1) is 6.10 Å². The third kappa shape index (κ3) is 4.44. The zero-order valence-corrected chi connectivity index (χ0v) is 13.5. The zero-order valence-electron chi connectivity index (χ0n) is 13.5. The average molecular weight is 282 g/mol. The van der Waals surface area contributed by atoms with Crippen molar-refractivity contribution in [3.05, 3.63) is 0 Å². The fourth-order valence-electron chi connectivity index (χ4n) is 4.31. The summed E-state index contributed by atoms with van der Waals surface area (Å²) in [4.78, 5) is 2.67. The van der Waals surface area contributed by atoms with Gasteiger partial charge in [0.2, 0.25) is 0 Å². The van der Waals surface area contributed by atoms with Crippen molar-refractivity contribution in [2.45, 2.75) is 64.4 Å². The predicted octanol–water partition coefficient (Wildman–Crippen LogP) is 2.64. The predicted molar refractivity (Wildman–Crippen MR) is 84.9 cm³/mol. The average Bonchev–Trinajstić information content (AvgIpc) is 2.66. The van der Waals surface area contributed by atoms with Crippen molar-refractivity contribution in [2.24, 2.45) is 11.3 Å². The molecule has 1 atom stereocenters. The first-order chi connectivity index (χ1) is 9.65. The van der Waals surface area contributed by atoms with Crippen LogP contribution in [0.15, 0.2) is 0 Å². The van der Waals surface area contributed by atoms with Crippen LogP contribution < -0.4 is 5.32 Å². The SMILES string of the molecule is CNCC1(CN2CCC(C(C)O)CC2)CCCCCC1. The normalized spacial score (nSPS) is 27.1. The largest absolute Gasteiger partial charge is 0.393 e. The second kappa shape index (κ2) is 7.77. The Hall–Kier alpha value is -0.120. The molecule has 1 unspecified atom stereocenters. The van der Waals surface area contributed by atoms with Crippen LogP contribution >= 0.6 is 0 Å². The third-order valence-corrected chi connectivity index (χ3v) is 5.59. The van der Waals surface area contributed by atoms with Crippen molar-refractivity contribution in [1.82, 2.24) is 10.2 Å². The molecule has 3 nitrogen and oxygen atoms in total. The van der Waals surface area contributed by atoms with E-state index in [-0.39, 0.29) is 6.10 Å². The van der Waals surface area contributed by atoms with E-state index < -0.39 is 0 Å². The Morgan fingerprint density at radius 1 is 1.15 bits per heavy atom.